The quantitative estimate of drug-likeness (QED) is 0.798. The molecule has 1 aliphatic heterocycles. The lowest BCUT2D eigenvalue weighted by Crippen LogP contribution is -2.03. The van der Waals surface area contributed by atoms with Crippen molar-refractivity contribution in [3.63, 3.8) is 0 Å². The normalized spacial score (nSPS) is 13.3. The number of rotatable bonds is 2. The van der Waals surface area contributed by atoms with E-state index in [4.69, 9.17) is 4.42 Å². The number of furan rings is 1. The highest BCUT2D eigenvalue weighted by Crippen LogP contribution is 2.24. The number of nitrogens with one attached hydrogen (secondary N) is 1. The van der Waals surface area contributed by atoms with E-state index in [1.807, 2.05) is 0 Å². The van der Waals surface area contributed by atoms with E-state index in [1.54, 1.807) is 24.3 Å². The van der Waals surface area contributed by atoms with Crippen molar-refractivity contribution >= 4 is 17.4 Å². The van der Waals surface area contributed by atoms with Gasteiger partial charge in [0.05, 0.1) is 18.2 Å². The van der Waals surface area contributed by atoms with Gasteiger partial charge in [-0.05, 0) is 29.8 Å². The minimum absolute atomic E-state index is 0.0343. The maximum atomic E-state index is 12.0. The molecule has 1 amide bonds. The third kappa shape index (κ3) is 1.63. The van der Waals surface area contributed by atoms with E-state index in [2.05, 4.69) is 5.32 Å². The molecule has 0 unspecified atom stereocenters. The topological polar surface area (TPSA) is 59.3 Å². The number of hydrogen-bond acceptors (Lipinski definition) is 3. The van der Waals surface area contributed by atoms with Crippen LogP contribution >= 0.6 is 0 Å². The fourth-order valence-corrected chi connectivity index (χ4v) is 1.93. The molecule has 84 valence electrons. The zero-order chi connectivity index (χ0) is 11.8. The Labute approximate surface area is 97.2 Å². The number of fused-ring (bicyclic) bond motifs is 1. The fraction of sp³-hybridized carbons (Fsp3) is 0.0769. The van der Waals surface area contributed by atoms with Crippen LogP contribution in [0.1, 0.15) is 21.5 Å². The van der Waals surface area contributed by atoms with Crippen LogP contribution in [0.4, 0.5) is 5.69 Å². The molecule has 0 fully saturated rings. The zero-order valence-corrected chi connectivity index (χ0v) is 8.90. The Morgan fingerprint density at radius 1 is 1.24 bits per heavy atom. The van der Waals surface area contributed by atoms with Gasteiger partial charge in [0, 0.05) is 11.3 Å². The SMILES string of the molecule is O=C1Cc2cc(C(=O)c3ccoc3)ccc2N1. The minimum Gasteiger partial charge on any atom is -0.472 e. The van der Waals surface area contributed by atoms with Crippen LogP contribution in [0.25, 0.3) is 0 Å². The van der Waals surface area contributed by atoms with Crippen LogP contribution in [0.2, 0.25) is 0 Å². The Morgan fingerprint density at radius 2 is 2.12 bits per heavy atom. The van der Waals surface area contributed by atoms with Crippen LogP contribution in [-0.4, -0.2) is 11.7 Å². The zero-order valence-electron chi connectivity index (χ0n) is 8.90. The molecular formula is C13H9NO3. The van der Waals surface area contributed by atoms with Crippen molar-refractivity contribution in [2.45, 2.75) is 6.42 Å². The molecule has 1 N–H and O–H groups in total. The van der Waals surface area contributed by atoms with Gasteiger partial charge in [0.25, 0.3) is 0 Å². The van der Waals surface area contributed by atoms with Crippen molar-refractivity contribution in [3.8, 4) is 0 Å². The molecule has 4 nitrogen and oxygen atoms in total. The summed E-state index contributed by atoms with van der Waals surface area (Å²) < 4.78 is 4.88. The van der Waals surface area contributed by atoms with Crippen molar-refractivity contribution in [2.75, 3.05) is 5.32 Å². The highest BCUT2D eigenvalue weighted by atomic mass is 16.3. The van der Waals surface area contributed by atoms with Crippen molar-refractivity contribution in [3.05, 3.63) is 53.5 Å². The number of amides is 1. The third-order valence-electron chi connectivity index (χ3n) is 2.78. The van der Waals surface area contributed by atoms with Gasteiger partial charge in [0.15, 0.2) is 5.78 Å². The van der Waals surface area contributed by atoms with Gasteiger partial charge < -0.3 is 9.73 Å². The summed E-state index contributed by atoms with van der Waals surface area (Å²) in [5, 5.41) is 2.73. The summed E-state index contributed by atoms with van der Waals surface area (Å²) in [5.74, 6) is -0.131. The fourth-order valence-electron chi connectivity index (χ4n) is 1.93. The van der Waals surface area contributed by atoms with Gasteiger partial charge in [-0.15, -0.1) is 0 Å². The molecule has 2 heterocycles. The monoisotopic (exact) mass is 227 g/mol. The van der Waals surface area contributed by atoms with Crippen LogP contribution in [0.3, 0.4) is 0 Å². The molecule has 0 saturated carbocycles. The third-order valence-corrected chi connectivity index (χ3v) is 2.78. The largest absolute Gasteiger partial charge is 0.472 e. The predicted molar refractivity (Wildman–Crippen MR) is 60.9 cm³/mol. The van der Waals surface area contributed by atoms with Crippen molar-refractivity contribution in [1.29, 1.82) is 0 Å². The average Bonchev–Trinajstić information content (AvgIpc) is 2.94. The Balaban J connectivity index is 1.98. The highest BCUT2D eigenvalue weighted by molar-refractivity contribution is 6.10. The van der Waals surface area contributed by atoms with Gasteiger partial charge >= 0.3 is 0 Å². The Morgan fingerprint density at radius 3 is 2.88 bits per heavy atom. The molecule has 17 heavy (non-hydrogen) atoms. The van der Waals surface area contributed by atoms with Crippen LogP contribution in [0.15, 0.2) is 41.2 Å². The van der Waals surface area contributed by atoms with Gasteiger partial charge in [-0.3, -0.25) is 9.59 Å². The molecule has 2 aromatic rings. The van der Waals surface area contributed by atoms with E-state index in [9.17, 15) is 9.59 Å². The van der Waals surface area contributed by atoms with E-state index in [-0.39, 0.29) is 11.7 Å². The maximum Gasteiger partial charge on any atom is 0.228 e. The van der Waals surface area contributed by atoms with E-state index in [1.165, 1.54) is 12.5 Å². The average molecular weight is 227 g/mol. The van der Waals surface area contributed by atoms with E-state index < -0.39 is 0 Å². The Bertz CT molecular complexity index is 599. The molecule has 0 atom stereocenters. The molecule has 0 radical (unpaired) electrons. The van der Waals surface area contributed by atoms with E-state index in [0.717, 1.165) is 11.3 Å². The molecule has 0 bridgehead atoms. The number of hydrogen-bond donors (Lipinski definition) is 1. The van der Waals surface area contributed by atoms with Crippen LogP contribution in [0.5, 0.6) is 0 Å². The highest BCUT2D eigenvalue weighted by Gasteiger charge is 2.19. The van der Waals surface area contributed by atoms with Crippen LogP contribution < -0.4 is 5.32 Å². The number of ketones is 1. The molecule has 0 saturated heterocycles. The van der Waals surface area contributed by atoms with Gasteiger partial charge in [0.1, 0.15) is 6.26 Å². The molecule has 1 aliphatic rings. The lowest BCUT2D eigenvalue weighted by atomic mass is 10.0. The summed E-state index contributed by atoms with van der Waals surface area (Å²) in [6.07, 6.45) is 3.21. The first-order valence-electron chi connectivity index (χ1n) is 5.24. The summed E-state index contributed by atoms with van der Waals surface area (Å²) in [5.41, 5.74) is 2.74. The van der Waals surface area contributed by atoms with Gasteiger partial charge in [-0.2, -0.15) is 0 Å². The van der Waals surface area contributed by atoms with Crippen molar-refractivity contribution < 1.29 is 14.0 Å². The lowest BCUT2D eigenvalue weighted by Gasteiger charge is -2.01. The number of carbonyl (C=O) groups is 2. The van der Waals surface area contributed by atoms with Crippen LogP contribution in [-0.2, 0) is 11.2 Å². The maximum absolute atomic E-state index is 12.0. The van der Waals surface area contributed by atoms with E-state index >= 15 is 0 Å². The minimum atomic E-state index is -0.0964. The van der Waals surface area contributed by atoms with Crippen LogP contribution in [0, 0.1) is 0 Å². The summed E-state index contributed by atoms with van der Waals surface area (Å²) in [6, 6.07) is 6.84. The molecule has 1 aromatic heterocycles. The second-order valence-electron chi connectivity index (χ2n) is 3.94. The second kappa shape index (κ2) is 3.59. The Hall–Kier alpha value is -2.36. The molecule has 0 spiro atoms. The standard InChI is InChI=1S/C13H9NO3/c15-12-6-10-5-8(1-2-11(10)14-12)13(16)9-3-4-17-7-9/h1-5,7H,6H2,(H,14,15). The predicted octanol–water partition coefficient (Wildman–Crippen LogP) is 2.01. The molecule has 4 heteroatoms. The number of anilines is 1. The first-order chi connectivity index (χ1) is 8.24. The first kappa shape index (κ1) is 9.84. The molecule has 0 aliphatic carbocycles. The number of carbonyl (C=O) groups excluding carboxylic acids is 2. The van der Waals surface area contributed by atoms with Gasteiger partial charge in [0.2, 0.25) is 5.91 Å². The summed E-state index contributed by atoms with van der Waals surface area (Å²) >= 11 is 0. The van der Waals surface area contributed by atoms with Gasteiger partial charge in [-0.1, -0.05) is 0 Å². The number of benzene rings is 1. The summed E-state index contributed by atoms with van der Waals surface area (Å²) in [6.45, 7) is 0. The van der Waals surface area contributed by atoms with Gasteiger partial charge in [-0.25, -0.2) is 0 Å². The lowest BCUT2D eigenvalue weighted by molar-refractivity contribution is -0.115. The summed E-state index contributed by atoms with van der Waals surface area (Å²) in [7, 11) is 0. The molecule has 3 rings (SSSR count). The van der Waals surface area contributed by atoms with E-state index in [0.29, 0.717) is 17.5 Å². The summed E-state index contributed by atoms with van der Waals surface area (Å²) in [4.78, 5) is 23.2. The first-order valence-corrected chi connectivity index (χ1v) is 5.24. The smallest absolute Gasteiger partial charge is 0.228 e. The second-order valence-corrected chi connectivity index (χ2v) is 3.94. The van der Waals surface area contributed by atoms with Crippen molar-refractivity contribution in [1.82, 2.24) is 0 Å². The molecular weight excluding hydrogens is 218 g/mol. The Kier molecular flexibility index (Phi) is 2.08. The van der Waals surface area contributed by atoms with Crippen molar-refractivity contribution in [2.24, 2.45) is 0 Å². The molecule has 1 aromatic carbocycles.